The van der Waals surface area contributed by atoms with Crippen molar-refractivity contribution in [2.45, 2.75) is 31.7 Å². The fraction of sp³-hybridized carbons (Fsp3) is 0.179. The molecule has 0 saturated carbocycles. The lowest BCUT2D eigenvalue weighted by atomic mass is 9.88. The number of nitro benzene ring substituents is 1. The molecule has 0 radical (unpaired) electrons. The normalized spacial score (nSPS) is 18.4. The van der Waals surface area contributed by atoms with Crippen molar-refractivity contribution in [3.63, 3.8) is 0 Å². The highest BCUT2D eigenvalue weighted by atomic mass is 16.6. The summed E-state index contributed by atoms with van der Waals surface area (Å²) < 4.78 is 0. The van der Waals surface area contributed by atoms with Crippen LogP contribution >= 0.6 is 0 Å². The fourth-order valence-corrected chi connectivity index (χ4v) is 5.00. The number of nitriles is 1. The number of fused-ring (bicyclic) bond motifs is 1. The van der Waals surface area contributed by atoms with Crippen LogP contribution in [0, 0.1) is 21.4 Å². The van der Waals surface area contributed by atoms with Crippen LogP contribution in [-0.2, 0) is 22.4 Å². The molecule has 2 aliphatic rings. The van der Waals surface area contributed by atoms with E-state index in [-0.39, 0.29) is 22.6 Å². The number of Topliss-reactive ketones (excluding diaryl/α,β-unsaturated/α-hetero) is 1. The quantitative estimate of drug-likeness (QED) is 0.176. The van der Waals surface area contributed by atoms with Crippen LogP contribution in [0.3, 0.4) is 0 Å². The number of hydrogen-bond donors (Lipinski definition) is 2. The van der Waals surface area contributed by atoms with Gasteiger partial charge in [0.15, 0.2) is 5.75 Å². The molecule has 3 aromatic carbocycles. The molecule has 1 fully saturated rings. The highest BCUT2D eigenvalue weighted by molar-refractivity contribution is 6.51. The van der Waals surface area contributed by atoms with E-state index in [1.165, 1.54) is 35.9 Å². The predicted molar refractivity (Wildman–Crippen MR) is 134 cm³/mol. The Kier molecular flexibility index (Phi) is 5.93. The monoisotopic (exact) mass is 495 g/mol. The van der Waals surface area contributed by atoms with E-state index in [1.54, 1.807) is 6.07 Å². The predicted octanol–water partition coefficient (Wildman–Crippen LogP) is 4.68. The van der Waals surface area contributed by atoms with E-state index < -0.39 is 34.1 Å². The molecule has 1 aliphatic carbocycles. The van der Waals surface area contributed by atoms with Gasteiger partial charge in [-0.2, -0.15) is 5.26 Å². The van der Waals surface area contributed by atoms with Crippen molar-refractivity contribution in [1.82, 2.24) is 0 Å². The van der Waals surface area contributed by atoms with E-state index in [1.807, 2.05) is 18.2 Å². The minimum atomic E-state index is -1.21. The van der Waals surface area contributed by atoms with E-state index in [4.69, 9.17) is 5.26 Å². The molecule has 2 N–H and O–H groups in total. The van der Waals surface area contributed by atoms with Crippen LogP contribution in [0.25, 0.3) is 5.76 Å². The van der Waals surface area contributed by atoms with E-state index in [2.05, 4.69) is 0 Å². The number of nitrogens with zero attached hydrogens (tertiary/aromatic N) is 3. The first-order chi connectivity index (χ1) is 17.8. The zero-order valence-corrected chi connectivity index (χ0v) is 19.5. The van der Waals surface area contributed by atoms with Crippen molar-refractivity contribution < 1.29 is 24.7 Å². The van der Waals surface area contributed by atoms with Gasteiger partial charge in [0.25, 0.3) is 11.7 Å². The number of nitro groups is 1. The molecule has 0 bridgehead atoms. The Morgan fingerprint density at radius 1 is 1.00 bits per heavy atom. The molecule has 0 aromatic heterocycles. The molecule has 1 atom stereocenters. The molecule has 9 heteroatoms. The van der Waals surface area contributed by atoms with Gasteiger partial charge in [-0.3, -0.25) is 24.6 Å². The summed E-state index contributed by atoms with van der Waals surface area (Å²) in [6.07, 6.45) is 3.85. The molecule has 1 unspecified atom stereocenters. The molecule has 1 heterocycles. The molecule has 9 nitrogen and oxygen atoms in total. The second-order valence-electron chi connectivity index (χ2n) is 9.02. The minimum Gasteiger partial charge on any atom is -0.507 e. The first-order valence-corrected chi connectivity index (χ1v) is 11.7. The molecule has 184 valence electrons. The summed E-state index contributed by atoms with van der Waals surface area (Å²) >= 11 is 0. The summed E-state index contributed by atoms with van der Waals surface area (Å²) in [6, 6.07) is 15.7. The first-order valence-electron chi connectivity index (χ1n) is 11.7. The maximum absolute atomic E-state index is 13.3. The number of carbonyl (C=O) groups is 2. The van der Waals surface area contributed by atoms with Crippen LogP contribution < -0.4 is 4.90 Å². The van der Waals surface area contributed by atoms with E-state index in [9.17, 15) is 29.9 Å². The zero-order chi connectivity index (χ0) is 26.3. The van der Waals surface area contributed by atoms with E-state index in [0.29, 0.717) is 11.1 Å². The largest absolute Gasteiger partial charge is 0.507 e. The number of aliphatic hydroxyl groups excluding tert-OH is 1. The summed E-state index contributed by atoms with van der Waals surface area (Å²) in [5.41, 5.74) is 2.56. The molecule has 0 spiro atoms. The van der Waals surface area contributed by atoms with Crippen molar-refractivity contribution in [3.8, 4) is 11.8 Å². The second-order valence-corrected chi connectivity index (χ2v) is 9.02. The van der Waals surface area contributed by atoms with Gasteiger partial charge in [0, 0.05) is 17.3 Å². The molecule has 37 heavy (non-hydrogen) atoms. The molecular weight excluding hydrogens is 474 g/mol. The third-order valence-corrected chi connectivity index (χ3v) is 6.85. The van der Waals surface area contributed by atoms with Crippen LogP contribution in [0.1, 0.15) is 46.7 Å². The molecule has 1 amide bonds. The smallest absolute Gasteiger partial charge is 0.311 e. The number of amides is 1. The maximum Gasteiger partial charge on any atom is 0.311 e. The third kappa shape index (κ3) is 4.08. The van der Waals surface area contributed by atoms with Gasteiger partial charge in [-0.05, 0) is 78.8 Å². The minimum absolute atomic E-state index is 0.160. The van der Waals surface area contributed by atoms with E-state index in [0.717, 1.165) is 48.3 Å². The number of benzene rings is 3. The Balaban J connectivity index is 1.72. The van der Waals surface area contributed by atoms with Crippen molar-refractivity contribution in [3.05, 3.63) is 104 Å². The van der Waals surface area contributed by atoms with Crippen molar-refractivity contribution in [2.75, 3.05) is 4.90 Å². The number of rotatable bonds is 4. The third-order valence-electron chi connectivity index (χ3n) is 6.85. The van der Waals surface area contributed by atoms with Gasteiger partial charge < -0.3 is 10.2 Å². The Bertz CT molecular complexity index is 1530. The molecular formula is C28H21N3O6. The summed E-state index contributed by atoms with van der Waals surface area (Å²) in [4.78, 5) is 38.5. The van der Waals surface area contributed by atoms with Gasteiger partial charge in [-0.1, -0.05) is 18.2 Å². The Hall–Kier alpha value is -4.97. The van der Waals surface area contributed by atoms with Crippen LogP contribution in [0.4, 0.5) is 11.4 Å². The second kappa shape index (κ2) is 9.24. The summed E-state index contributed by atoms with van der Waals surface area (Å²) in [5.74, 6) is -2.83. The Labute approximate surface area is 211 Å². The number of aromatic hydroxyl groups is 1. The van der Waals surface area contributed by atoms with Gasteiger partial charge in [0.1, 0.15) is 5.76 Å². The summed E-state index contributed by atoms with van der Waals surface area (Å²) in [7, 11) is 0. The van der Waals surface area contributed by atoms with Gasteiger partial charge in [-0.25, -0.2) is 0 Å². The van der Waals surface area contributed by atoms with Gasteiger partial charge in [0.2, 0.25) is 0 Å². The highest BCUT2D eigenvalue weighted by Crippen LogP contribution is 2.44. The standard InChI is InChI=1S/C28H21N3O6/c29-15-16-5-10-21(11-6-16)30-25(19-9-12-23(32)22(14-19)31(36)37)24(27(34)28(30)35)26(33)20-8-7-17-3-1-2-4-18(17)13-20/h5-14,25,32-33H,1-4H2/b26-24+. The molecule has 1 aliphatic heterocycles. The number of anilines is 1. The molecule has 1 saturated heterocycles. The number of carbonyl (C=O) groups excluding carboxylic acids is 2. The number of phenols is 1. The molecule has 5 rings (SSSR count). The SMILES string of the molecule is N#Cc1ccc(N2C(=O)C(=O)/C(=C(/O)c3ccc4c(c3)CCCC4)C2c2ccc(O)c([N+](=O)[O-])c2)cc1. The topological polar surface area (TPSA) is 145 Å². The number of aliphatic hydroxyl groups is 1. The number of aryl methyl sites for hydroxylation is 2. The lowest BCUT2D eigenvalue weighted by Crippen LogP contribution is -2.29. The zero-order valence-electron chi connectivity index (χ0n) is 19.5. The number of hydrogen-bond acceptors (Lipinski definition) is 7. The lowest BCUT2D eigenvalue weighted by molar-refractivity contribution is -0.385. The number of phenolic OH excluding ortho intramolecular Hbond substituents is 1. The van der Waals surface area contributed by atoms with E-state index >= 15 is 0 Å². The van der Waals surface area contributed by atoms with Crippen molar-refractivity contribution >= 4 is 28.8 Å². The maximum atomic E-state index is 13.3. The van der Waals surface area contributed by atoms with Crippen molar-refractivity contribution in [2.24, 2.45) is 0 Å². The Morgan fingerprint density at radius 2 is 1.70 bits per heavy atom. The van der Waals surface area contributed by atoms with Crippen LogP contribution in [-0.4, -0.2) is 26.8 Å². The van der Waals surface area contributed by atoms with Crippen LogP contribution in [0.15, 0.2) is 66.2 Å². The summed E-state index contributed by atoms with van der Waals surface area (Å²) in [6.45, 7) is 0. The van der Waals surface area contributed by atoms with Crippen LogP contribution in [0.2, 0.25) is 0 Å². The average molecular weight is 495 g/mol. The van der Waals surface area contributed by atoms with Crippen molar-refractivity contribution in [1.29, 1.82) is 5.26 Å². The first kappa shape index (κ1) is 23.8. The van der Waals surface area contributed by atoms with Gasteiger partial charge >= 0.3 is 5.69 Å². The number of ketones is 1. The molecule has 3 aromatic rings. The van der Waals surface area contributed by atoms with Crippen LogP contribution in [0.5, 0.6) is 5.75 Å². The average Bonchev–Trinajstić information content (AvgIpc) is 3.18. The summed E-state index contributed by atoms with van der Waals surface area (Å²) in [5, 5.41) is 42.0. The van der Waals surface area contributed by atoms with Gasteiger partial charge in [0.05, 0.1) is 28.2 Å². The fourth-order valence-electron chi connectivity index (χ4n) is 5.00. The Morgan fingerprint density at radius 3 is 2.38 bits per heavy atom. The lowest BCUT2D eigenvalue weighted by Gasteiger charge is -2.25. The highest BCUT2D eigenvalue weighted by Gasteiger charge is 2.47. The van der Waals surface area contributed by atoms with Gasteiger partial charge in [-0.15, -0.1) is 0 Å².